The molecule has 0 aliphatic carbocycles. The van der Waals surface area contributed by atoms with Crippen LogP contribution in [0, 0.1) is 12.3 Å². The van der Waals surface area contributed by atoms with Crippen molar-refractivity contribution in [1.29, 1.82) is 0 Å². The first-order valence-corrected chi connectivity index (χ1v) is 9.46. The van der Waals surface area contributed by atoms with Crippen molar-refractivity contribution in [3.05, 3.63) is 57.9 Å². The lowest BCUT2D eigenvalue weighted by Gasteiger charge is -2.07. The summed E-state index contributed by atoms with van der Waals surface area (Å²) in [5.74, 6) is 3.41. The topological polar surface area (TPSA) is 52.8 Å². The Labute approximate surface area is 171 Å². The van der Waals surface area contributed by atoms with Crippen LogP contribution < -0.4 is 14.3 Å². The molecule has 0 aliphatic rings. The van der Waals surface area contributed by atoms with Crippen molar-refractivity contribution in [3.8, 4) is 23.8 Å². The second-order valence-corrected chi connectivity index (χ2v) is 7.13. The number of halogens is 1. The van der Waals surface area contributed by atoms with Crippen LogP contribution in [0.4, 0.5) is 0 Å². The number of carbonyl (C=O) groups is 1. The Balaban J connectivity index is 1.93. The van der Waals surface area contributed by atoms with Crippen LogP contribution in [-0.4, -0.2) is 24.7 Å². The van der Waals surface area contributed by atoms with E-state index in [0.29, 0.717) is 27.9 Å². The molecule has 0 aliphatic heterocycles. The minimum absolute atomic E-state index is 0.313. The maximum atomic E-state index is 12.4. The smallest absolute Gasteiger partial charge is 0.272 e. The summed E-state index contributed by atoms with van der Waals surface area (Å²) in [7, 11) is 3.13. The number of rotatable bonds is 5. The fourth-order valence-electron chi connectivity index (χ4n) is 2.63. The van der Waals surface area contributed by atoms with Crippen LogP contribution in [0.25, 0.3) is 16.3 Å². The van der Waals surface area contributed by atoms with Gasteiger partial charge in [0.05, 0.1) is 31.0 Å². The summed E-state index contributed by atoms with van der Waals surface area (Å²) >= 11 is 7.42. The number of hydrogen-bond acceptors (Lipinski definition) is 4. The van der Waals surface area contributed by atoms with Gasteiger partial charge in [-0.05, 0) is 42.0 Å². The molecule has 28 heavy (non-hydrogen) atoms. The molecule has 0 radical (unpaired) electrons. The lowest BCUT2D eigenvalue weighted by atomic mass is 10.2. The van der Waals surface area contributed by atoms with Gasteiger partial charge in [0.2, 0.25) is 0 Å². The molecule has 0 fully saturated rings. The second kappa shape index (κ2) is 8.79. The van der Waals surface area contributed by atoms with E-state index in [0.717, 1.165) is 15.8 Å². The third kappa shape index (κ3) is 4.28. The lowest BCUT2D eigenvalue weighted by molar-refractivity contribution is -0.113. The predicted molar refractivity (Wildman–Crippen MR) is 113 cm³/mol. The van der Waals surface area contributed by atoms with Gasteiger partial charge in [0.1, 0.15) is 0 Å². The molecular weight excluding hydrogens is 396 g/mol. The van der Waals surface area contributed by atoms with Crippen molar-refractivity contribution in [1.82, 2.24) is 4.57 Å². The quantitative estimate of drug-likeness (QED) is 0.467. The van der Waals surface area contributed by atoms with Crippen molar-refractivity contribution in [2.45, 2.75) is 6.54 Å². The van der Waals surface area contributed by atoms with E-state index in [2.05, 4.69) is 10.9 Å². The van der Waals surface area contributed by atoms with Gasteiger partial charge in [-0.2, -0.15) is 4.99 Å². The number of carbonyl (C=O) groups excluding carboxylic acids is 1. The summed E-state index contributed by atoms with van der Waals surface area (Å²) in [6.07, 6.45) is 8.54. The van der Waals surface area contributed by atoms with E-state index in [1.54, 1.807) is 38.5 Å². The Morgan fingerprint density at radius 2 is 2.04 bits per heavy atom. The third-order valence-electron chi connectivity index (χ3n) is 3.93. The molecule has 0 spiro atoms. The van der Waals surface area contributed by atoms with Crippen molar-refractivity contribution in [2.75, 3.05) is 14.2 Å². The Kier molecular flexibility index (Phi) is 6.19. The molecule has 0 bridgehead atoms. The van der Waals surface area contributed by atoms with Crippen LogP contribution >= 0.6 is 22.9 Å². The summed E-state index contributed by atoms with van der Waals surface area (Å²) in [5.41, 5.74) is 1.68. The predicted octanol–water partition coefficient (Wildman–Crippen LogP) is 4.15. The Morgan fingerprint density at radius 3 is 2.75 bits per heavy atom. The highest BCUT2D eigenvalue weighted by molar-refractivity contribution is 7.16. The monoisotopic (exact) mass is 412 g/mol. The highest BCUT2D eigenvalue weighted by atomic mass is 35.5. The molecule has 0 saturated heterocycles. The van der Waals surface area contributed by atoms with Crippen LogP contribution in [0.15, 0.2) is 47.5 Å². The maximum Gasteiger partial charge on any atom is 0.272 e. The Morgan fingerprint density at radius 1 is 1.25 bits per heavy atom. The number of terminal acetylenes is 1. The van der Waals surface area contributed by atoms with Crippen LogP contribution in [0.2, 0.25) is 5.02 Å². The molecule has 0 unspecified atom stereocenters. The fraction of sp³-hybridized carbons (Fsp3) is 0.143. The number of benzene rings is 2. The highest BCUT2D eigenvalue weighted by Gasteiger charge is 2.07. The van der Waals surface area contributed by atoms with E-state index in [-0.39, 0.29) is 0 Å². The van der Waals surface area contributed by atoms with Crippen molar-refractivity contribution >= 4 is 45.1 Å². The minimum atomic E-state index is -0.391. The number of amides is 1. The summed E-state index contributed by atoms with van der Waals surface area (Å²) in [6.45, 7) is 0.313. The van der Waals surface area contributed by atoms with Gasteiger partial charge < -0.3 is 14.0 Å². The van der Waals surface area contributed by atoms with E-state index in [9.17, 15) is 4.79 Å². The molecule has 0 N–H and O–H groups in total. The maximum absolute atomic E-state index is 12.4. The Hall–Kier alpha value is -3.01. The number of ether oxygens (including phenoxy) is 2. The summed E-state index contributed by atoms with van der Waals surface area (Å²) in [5, 5.41) is 0.618. The van der Waals surface area contributed by atoms with E-state index >= 15 is 0 Å². The van der Waals surface area contributed by atoms with Crippen LogP contribution in [0.5, 0.6) is 11.5 Å². The van der Waals surface area contributed by atoms with Gasteiger partial charge in [0.25, 0.3) is 5.91 Å². The number of methoxy groups -OCH3 is 2. The molecule has 3 rings (SSSR count). The minimum Gasteiger partial charge on any atom is -0.493 e. The standard InChI is InChI=1S/C21H17ClN2O3S/c1-4-11-24-16-8-7-15(22)13-19(16)28-21(24)23-20(25)10-6-14-5-9-17(26-2)18(12-14)27-3/h1,5-10,12-13H,11H2,2-3H3. The first kappa shape index (κ1) is 19.7. The van der Waals surface area contributed by atoms with Crippen LogP contribution in [0.3, 0.4) is 0 Å². The number of fused-ring (bicyclic) bond motifs is 1. The number of hydrogen-bond donors (Lipinski definition) is 0. The molecule has 0 atom stereocenters. The summed E-state index contributed by atoms with van der Waals surface area (Å²) < 4.78 is 13.2. The zero-order valence-electron chi connectivity index (χ0n) is 15.3. The fourth-order valence-corrected chi connectivity index (χ4v) is 3.94. The molecule has 2 aromatic carbocycles. The molecule has 3 aromatic rings. The van der Waals surface area contributed by atoms with Gasteiger partial charge in [-0.1, -0.05) is 34.9 Å². The molecule has 142 valence electrons. The molecule has 1 amide bonds. The normalized spacial score (nSPS) is 11.7. The van der Waals surface area contributed by atoms with Crippen LogP contribution in [-0.2, 0) is 11.3 Å². The molecule has 7 heteroatoms. The molecular formula is C21H17ClN2O3S. The lowest BCUT2D eigenvalue weighted by Crippen LogP contribution is -2.15. The first-order valence-electron chi connectivity index (χ1n) is 8.27. The van der Waals surface area contributed by atoms with E-state index < -0.39 is 5.91 Å². The first-order chi connectivity index (χ1) is 13.5. The molecule has 1 aromatic heterocycles. The van der Waals surface area contributed by atoms with Crippen molar-refractivity contribution < 1.29 is 14.3 Å². The summed E-state index contributed by atoms with van der Waals surface area (Å²) in [4.78, 5) is 17.1. The van der Waals surface area contributed by atoms with Gasteiger partial charge in [0.15, 0.2) is 16.3 Å². The van der Waals surface area contributed by atoms with E-state index in [4.69, 9.17) is 27.5 Å². The summed E-state index contributed by atoms with van der Waals surface area (Å²) in [6, 6.07) is 10.9. The zero-order valence-corrected chi connectivity index (χ0v) is 16.9. The zero-order chi connectivity index (χ0) is 20.1. The van der Waals surface area contributed by atoms with E-state index in [1.165, 1.54) is 17.4 Å². The van der Waals surface area contributed by atoms with Gasteiger partial charge in [-0.3, -0.25) is 4.79 Å². The number of nitrogens with zero attached hydrogens (tertiary/aromatic N) is 2. The van der Waals surface area contributed by atoms with Gasteiger partial charge in [-0.15, -0.1) is 6.42 Å². The van der Waals surface area contributed by atoms with Crippen molar-refractivity contribution in [3.63, 3.8) is 0 Å². The van der Waals surface area contributed by atoms with Crippen LogP contribution in [0.1, 0.15) is 5.56 Å². The number of thiazole rings is 1. The largest absolute Gasteiger partial charge is 0.493 e. The van der Waals surface area contributed by atoms with Gasteiger partial charge in [0, 0.05) is 11.1 Å². The molecule has 0 saturated carbocycles. The Bertz CT molecular complexity index is 1170. The number of aromatic nitrogens is 1. The average molecular weight is 413 g/mol. The molecule has 5 nitrogen and oxygen atoms in total. The SMILES string of the molecule is C#CCn1c(=NC(=O)C=Cc2ccc(OC)c(OC)c2)sc2cc(Cl)ccc21. The average Bonchev–Trinajstić information content (AvgIpc) is 3.02. The van der Waals surface area contributed by atoms with Gasteiger partial charge in [-0.25, -0.2) is 0 Å². The third-order valence-corrected chi connectivity index (χ3v) is 5.20. The molecule has 1 heterocycles. The highest BCUT2D eigenvalue weighted by Crippen LogP contribution is 2.28. The van der Waals surface area contributed by atoms with Crippen molar-refractivity contribution in [2.24, 2.45) is 4.99 Å². The van der Waals surface area contributed by atoms with Gasteiger partial charge >= 0.3 is 0 Å². The van der Waals surface area contributed by atoms with E-state index in [1.807, 2.05) is 22.8 Å². The second-order valence-electron chi connectivity index (χ2n) is 5.68.